The van der Waals surface area contributed by atoms with E-state index in [1.807, 2.05) is 6.07 Å². The molecule has 1 saturated carbocycles. The van der Waals surface area contributed by atoms with Crippen molar-refractivity contribution < 1.29 is 9.90 Å². The molecule has 0 radical (unpaired) electrons. The molecule has 0 saturated heterocycles. The van der Waals surface area contributed by atoms with Gasteiger partial charge in [-0.15, -0.1) is 5.10 Å². The number of rotatable bonds is 4. The Kier molecular flexibility index (Phi) is 4.66. The molecule has 1 amide bonds. The van der Waals surface area contributed by atoms with Gasteiger partial charge in [0.15, 0.2) is 0 Å². The summed E-state index contributed by atoms with van der Waals surface area (Å²) in [4.78, 5) is 12.4. The summed E-state index contributed by atoms with van der Waals surface area (Å²) in [5.41, 5.74) is 0.464. The van der Waals surface area contributed by atoms with Crippen LogP contribution in [0.1, 0.15) is 48.9 Å². The summed E-state index contributed by atoms with van der Waals surface area (Å²) in [5.74, 6) is -0.197. The average molecular weight is 315 g/mol. The van der Waals surface area contributed by atoms with Gasteiger partial charge in [-0.25, -0.2) is 4.68 Å². The van der Waals surface area contributed by atoms with Crippen molar-refractivity contribution in [2.24, 2.45) is 0 Å². The first-order valence-electron chi connectivity index (χ1n) is 8.00. The molecule has 1 aliphatic rings. The molecule has 2 N–H and O–H groups in total. The van der Waals surface area contributed by atoms with Gasteiger partial charge in [0.05, 0.1) is 11.3 Å². The molecule has 122 valence electrons. The van der Waals surface area contributed by atoms with Crippen molar-refractivity contribution >= 4 is 5.91 Å². The van der Waals surface area contributed by atoms with Crippen molar-refractivity contribution in [2.45, 2.75) is 44.1 Å². The van der Waals surface area contributed by atoms with Crippen LogP contribution in [0, 0.1) is 0 Å². The van der Waals surface area contributed by atoms with Crippen LogP contribution in [0.15, 0.2) is 30.6 Å². The summed E-state index contributed by atoms with van der Waals surface area (Å²) in [6.45, 7) is 0.293. The molecule has 0 bridgehead atoms. The summed E-state index contributed by atoms with van der Waals surface area (Å²) in [6.07, 6.45) is 7.32. The topological polar surface area (TPSA) is 92.9 Å². The van der Waals surface area contributed by atoms with Gasteiger partial charge < -0.3 is 10.4 Å². The molecule has 0 spiro atoms. The minimum absolute atomic E-state index is 0.197. The average Bonchev–Trinajstić information content (AvgIpc) is 3.02. The number of carbonyl (C=O) groups excluding carboxylic acids is 1. The summed E-state index contributed by atoms with van der Waals surface area (Å²) < 4.78 is 1.50. The lowest BCUT2D eigenvalue weighted by atomic mass is 9.94. The predicted molar refractivity (Wildman–Crippen MR) is 84.1 cm³/mol. The van der Waals surface area contributed by atoms with Crippen molar-refractivity contribution in [3.8, 4) is 5.69 Å². The number of nitrogens with zero attached hydrogens (tertiary/aromatic N) is 4. The molecule has 23 heavy (non-hydrogen) atoms. The van der Waals surface area contributed by atoms with E-state index in [2.05, 4.69) is 20.8 Å². The van der Waals surface area contributed by atoms with Gasteiger partial charge in [0, 0.05) is 12.1 Å². The summed E-state index contributed by atoms with van der Waals surface area (Å²) in [5, 5.41) is 24.5. The number of amides is 1. The van der Waals surface area contributed by atoms with E-state index >= 15 is 0 Å². The predicted octanol–water partition coefficient (Wildman–Crippen LogP) is 1.48. The molecule has 0 unspecified atom stereocenters. The minimum atomic E-state index is -0.778. The fourth-order valence-electron chi connectivity index (χ4n) is 2.98. The van der Waals surface area contributed by atoms with Crippen molar-refractivity contribution in [1.82, 2.24) is 25.5 Å². The number of carbonyl (C=O) groups is 1. The fraction of sp³-hybridized carbons (Fsp3) is 0.500. The molecule has 1 fully saturated rings. The first-order chi connectivity index (χ1) is 11.2. The third-order valence-corrected chi connectivity index (χ3v) is 4.33. The highest BCUT2D eigenvalue weighted by molar-refractivity contribution is 5.94. The Balaban J connectivity index is 1.65. The van der Waals surface area contributed by atoms with Crippen LogP contribution in [-0.4, -0.2) is 43.4 Å². The molecule has 1 aliphatic carbocycles. The number of aromatic nitrogens is 4. The van der Waals surface area contributed by atoms with Crippen LogP contribution < -0.4 is 5.32 Å². The monoisotopic (exact) mass is 315 g/mol. The molecule has 3 rings (SSSR count). The van der Waals surface area contributed by atoms with Crippen LogP contribution in [0.4, 0.5) is 0 Å². The van der Waals surface area contributed by atoms with Crippen LogP contribution in [0.5, 0.6) is 0 Å². The Morgan fingerprint density at radius 1 is 1.26 bits per heavy atom. The van der Waals surface area contributed by atoms with Crippen molar-refractivity contribution in [3.05, 3.63) is 36.2 Å². The minimum Gasteiger partial charge on any atom is -0.388 e. The standard InChI is InChI=1S/C16H21N5O2/c22-15(17-11-16(23)8-3-1-2-4-9-16)13-6-5-7-14(10-13)21-12-18-19-20-21/h5-7,10,12,23H,1-4,8-9,11H2,(H,17,22). The summed E-state index contributed by atoms with van der Waals surface area (Å²) in [6, 6.07) is 7.07. The van der Waals surface area contributed by atoms with Gasteiger partial charge in [-0.3, -0.25) is 4.79 Å². The number of benzene rings is 1. The summed E-state index contributed by atoms with van der Waals surface area (Å²) >= 11 is 0. The second-order valence-corrected chi connectivity index (χ2v) is 6.13. The normalized spacial score (nSPS) is 17.4. The van der Waals surface area contributed by atoms with Crippen LogP contribution >= 0.6 is 0 Å². The number of hydrogen-bond acceptors (Lipinski definition) is 5. The Morgan fingerprint density at radius 3 is 2.74 bits per heavy atom. The molecular formula is C16H21N5O2. The van der Waals surface area contributed by atoms with E-state index in [0.717, 1.165) is 44.2 Å². The zero-order valence-corrected chi connectivity index (χ0v) is 13.0. The largest absolute Gasteiger partial charge is 0.388 e. The van der Waals surface area contributed by atoms with Gasteiger partial charge in [0.25, 0.3) is 5.91 Å². The molecule has 0 atom stereocenters. The maximum Gasteiger partial charge on any atom is 0.251 e. The third-order valence-electron chi connectivity index (χ3n) is 4.33. The lowest BCUT2D eigenvalue weighted by Crippen LogP contribution is -2.42. The zero-order valence-electron chi connectivity index (χ0n) is 13.0. The lowest BCUT2D eigenvalue weighted by Gasteiger charge is -2.26. The van der Waals surface area contributed by atoms with Crippen LogP contribution in [0.2, 0.25) is 0 Å². The number of aliphatic hydroxyl groups is 1. The lowest BCUT2D eigenvalue weighted by molar-refractivity contribution is 0.0246. The van der Waals surface area contributed by atoms with E-state index in [9.17, 15) is 9.90 Å². The molecule has 7 nitrogen and oxygen atoms in total. The second-order valence-electron chi connectivity index (χ2n) is 6.13. The molecule has 1 heterocycles. The Morgan fingerprint density at radius 2 is 2.04 bits per heavy atom. The zero-order chi connectivity index (χ0) is 16.1. The highest BCUT2D eigenvalue weighted by Crippen LogP contribution is 2.26. The van der Waals surface area contributed by atoms with E-state index in [4.69, 9.17) is 0 Å². The molecule has 7 heteroatoms. The first-order valence-corrected chi connectivity index (χ1v) is 8.00. The highest BCUT2D eigenvalue weighted by Gasteiger charge is 2.28. The molecule has 0 aliphatic heterocycles. The van der Waals surface area contributed by atoms with Crippen molar-refractivity contribution in [2.75, 3.05) is 6.54 Å². The smallest absolute Gasteiger partial charge is 0.251 e. The van der Waals surface area contributed by atoms with Gasteiger partial charge in [0.1, 0.15) is 6.33 Å². The van der Waals surface area contributed by atoms with E-state index in [-0.39, 0.29) is 5.91 Å². The number of hydrogen-bond donors (Lipinski definition) is 2. The van der Waals surface area contributed by atoms with Gasteiger partial charge >= 0.3 is 0 Å². The SMILES string of the molecule is O=C(NCC1(O)CCCCCC1)c1cccc(-n2cnnn2)c1. The van der Waals surface area contributed by atoms with E-state index < -0.39 is 5.60 Å². The summed E-state index contributed by atoms with van der Waals surface area (Å²) in [7, 11) is 0. The number of nitrogens with one attached hydrogen (secondary N) is 1. The second kappa shape index (κ2) is 6.87. The molecule has 2 aromatic rings. The van der Waals surface area contributed by atoms with Crippen LogP contribution in [-0.2, 0) is 0 Å². The van der Waals surface area contributed by atoms with E-state index in [1.54, 1.807) is 18.2 Å². The van der Waals surface area contributed by atoms with Gasteiger partial charge in [-0.1, -0.05) is 31.7 Å². The molecular weight excluding hydrogens is 294 g/mol. The van der Waals surface area contributed by atoms with Gasteiger partial charge in [-0.05, 0) is 41.5 Å². The van der Waals surface area contributed by atoms with Crippen molar-refractivity contribution in [3.63, 3.8) is 0 Å². The Bertz CT molecular complexity index is 648. The van der Waals surface area contributed by atoms with E-state index in [1.165, 1.54) is 11.0 Å². The maximum absolute atomic E-state index is 12.4. The number of tetrazole rings is 1. The maximum atomic E-state index is 12.4. The van der Waals surface area contributed by atoms with Crippen molar-refractivity contribution in [1.29, 1.82) is 0 Å². The van der Waals surface area contributed by atoms with Crippen LogP contribution in [0.3, 0.4) is 0 Å². The van der Waals surface area contributed by atoms with Gasteiger partial charge in [-0.2, -0.15) is 0 Å². The first kappa shape index (κ1) is 15.6. The Labute approximate surface area is 134 Å². The molecule has 1 aromatic carbocycles. The van der Waals surface area contributed by atoms with Gasteiger partial charge in [0.2, 0.25) is 0 Å². The highest BCUT2D eigenvalue weighted by atomic mass is 16.3. The fourth-order valence-corrected chi connectivity index (χ4v) is 2.98. The van der Waals surface area contributed by atoms with E-state index in [0.29, 0.717) is 12.1 Å². The Hall–Kier alpha value is -2.28. The third kappa shape index (κ3) is 3.92. The van der Waals surface area contributed by atoms with Crippen LogP contribution in [0.25, 0.3) is 5.69 Å². The quantitative estimate of drug-likeness (QED) is 0.834. The molecule has 1 aromatic heterocycles.